The van der Waals surface area contributed by atoms with Crippen molar-refractivity contribution >= 4 is 5.97 Å². The molecule has 3 heterocycles. The fraction of sp³-hybridized carbons (Fsp3) is 0.816. The number of carbonyl (C=O) groups is 1. The summed E-state index contributed by atoms with van der Waals surface area (Å²) in [7, 11) is 0. The fourth-order valence-electron chi connectivity index (χ4n) is 6.45. The number of fused-ring (bicyclic) bond motifs is 1. The minimum atomic E-state index is -1.02. The largest absolute Gasteiger partial charge is 0.454 e. The predicted octanol–water partition coefficient (Wildman–Crippen LogP) is 6.30. The monoisotopic (exact) mass is 694 g/mol. The van der Waals surface area contributed by atoms with Crippen LogP contribution in [0, 0.1) is 0 Å². The summed E-state index contributed by atoms with van der Waals surface area (Å²) in [5.74, 6) is -0.461. The van der Waals surface area contributed by atoms with Crippen LogP contribution < -0.4 is 0 Å². The number of unbranched alkanes of at least 4 members (excludes halogenated alkanes) is 4. The Morgan fingerprint density at radius 1 is 0.735 bits per heavy atom. The Morgan fingerprint density at radius 2 is 1.35 bits per heavy atom. The van der Waals surface area contributed by atoms with Gasteiger partial charge < -0.3 is 47.4 Å². The number of carbonyl (C=O) groups excluding carboxylic acids is 1. The van der Waals surface area contributed by atoms with E-state index in [0.717, 1.165) is 56.9 Å². The van der Waals surface area contributed by atoms with Gasteiger partial charge in [0, 0.05) is 38.9 Å². The fourth-order valence-corrected chi connectivity index (χ4v) is 6.45. The van der Waals surface area contributed by atoms with Crippen LogP contribution in [-0.4, -0.2) is 107 Å². The molecule has 3 fully saturated rings. The zero-order chi connectivity index (χ0) is 35.0. The summed E-state index contributed by atoms with van der Waals surface area (Å²) >= 11 is 0. The van der Waals surface area contributed by atoms with Crippen molar-refractivity contribution in [1.29, 1.82) is 0 Å². The van der Waals surface area contributed by atoms with Crippen molar-refractivity contribution in [3.8, 4) is 0 Å². The van der Waals surface area contributed by atoms with E-state index in [1.807, 2.05) is 37.3 Å². The maximum atomic E-state index is 12.7. The standard InChI is InChI=1S/C38H62O11/c1-7-11-20-40-24-29-32(42-22-13-9-3)34(43-23-14-10-4)36(46-27(6)39)38(47-29)49-35-31(41-21-12-8-2)26(5)45-30-25-44-37(48-33(30)35)28-18-16-15-17-19-28/h15-19,26,29-38H,7-14,20-25H2,1-6H3/t26-,29?,30?,31?,32-,33-,34+,35-,36?,37?,38-/m1/s1. The number of benzene rings is 1. The third kappa shape index (κ3) is 11.7. The van der Waals surface area contributed by atoms with E-state index in [-0.39, 0.29) is 12.7 Å². The predicted molar refractivity (Wildman–Crippen MR) is 183 cm³/mol. The normalized spacial score (nSPS) is 33.2. The minimum absolute atomic E-state index is 0.282. The van der Waals surface area contributed by atoms with E-state index in [2.05, 4.69) is 27.7 Å². The second-order valence-electron chi connectivity index (χ2n) is 13.3. The van der Waals surface area contributed by atoms with Crippen LogP contribution >= 0.6 is 0 Å². The molecule has 3 saturated heterocycles. The molecule has 11 atom stereocenters. The highest BCUT2D eigenvalue weighted by atomic mass is 16.8. The van der Waals surface area contributed by atoms with Crippen molar-refractivity contribution in [2.24, 2.45) is 0 Å². The van der Waals surface area contributed by atoms with Gasteiger partial charge in [-0.05, 0) is 32.6 Å². The number of esters is 1. The topological polar surface area (TPSA) is 109 Å². The lowest BCUT2D eigenvalue weighted by atomic mass is 9.93. The molecule has 0 bridgehead atoms. The van der Waals surface area contributed by atoms with E-state index in [9.17, 15) is 4.79 Å². The molecule has 0 radical (unpaired) electrons. The summed E-state index contributed by atoms with van der Waals surface area (Å²) in [6, 6.07) is 9.82. The van der Waals surface area contributed by atoms with E-state index in [1.54, 1.807) is 0 Å². The zero-order valence-corrected chi connectivity index (χ0v) is 30.6. The highest BCUT2D eigenvalue weighted by Crippen LogP contribution is 2.39. The van der Waals surface area contributed by atoms with E-state index in [4.69, 9.17) is 47.4 Å². The third-order valence-corrected chi connectivity index (χ3v) is 9.16. The molecule has 1 aromatic rings. The first-order valence-electron chi connectivity index (χ1n) is 18.8. The Kier molecular flexibility index (Phi) is 17.7. The molecule has 11 nitrogen and oxygen atoms in total. The van der Waals surface area contributed by atoms with Gasteiger partial charge in [0.2, 0.25) is 0 Å². The smallest absolute Gasteiger partial charge is 0.303 e. The van der Waals surface area contributed by atoms with Gasteiger partial charge in [0.05, 0.1) is 19.3 Å². The Labute approximate surface area is 293 Å². The van der Waals surface area contributed by atoms with Gasteiger partial charge in [-0.15, -0.1) is 0 Å². The molecule has 0 N–H and O–H groups in total. The molecular weight excluding hydrogens is 632 g/mol. The molecule has 5 unspecified atom stereocenters. The van der Waals surface area contributed by atoms with Gasteiger partial charge in [0.15, 0.2) is 18.7 Å². The van der Waals surface area contributed by atoms with Crippen molar-refractivity contribution in [2.75, 3.05) is 39.6 Å². The van der Waals surface area contributed by atoms with Crippen molar-refractivity contribution in [3.63, 3.8) is 0 Å². The number of hydrogen-bond donors (Lipinski definition) is 0. The van der Waals surface area contributed by atoms with Gasteiger partial charge in [-0.1, -0.05) is 83.7 Å². The molecule has 4 rings (SSSR count). The summed E-state index contributed by atoms with van der Waals surface area (Å²) in [4.78, 5) is 12.7. The van der Waals surface area contributed by atoms with Crippen molar-refractivity contribution in [2.45, 2.75) is 160 Å². The zero-order valence-electron chi connectivity index (χ0n) is 30.6. The molecule has 3 aliphatic heterocycles. The van der Waals surface area contributed by atoms with Crippen LogP contribution in [0.2, 0.25) is 0 Å². The van der Waals surface area contributed by atoms with Gasteiger partial charge in [-0.2, -0.15) is 0 Å². The Morgan fingerprint density at radius 3 is 1.98 bits per heavy atom. The first-order valence-corrected chi connectivity index (χ1v) is 18.8. The van der Waals surface area contributed by atoms with E-state index < -0.39 is 67.4 Å². The summed E-state index contributed by atoms with van der Waals surface area (Å²) in [5, 5.41) is 0. The molecule has 0 aromatic heterocycles. The Hall–Kier alpha value is -1.67. The highest BCUT2D eigenvalue weighted by molar-refractivity contribution is 5.66. The van der Waals surface area contributed by atoms with E-state index in [0.29, 0.717) is 33.0 Å². The molecule has 3 aliphatic rings. The molecule has 280 valence electrons. The quantitative estimate of drug-likeness (QED) is 0.107. The van der Waals surface area contributed by atoms with Gasteiger partial charge in [0.25, 0.3) is 0 Å². The SMILES string of the molecule is CCCCOCC1O[C@H](O[C@@H]2C(OCCCC)[C@@H](C)OC3COC(c4ccccc4)O[C@H]32)C(OC(C)=O)[C@@H](OCCCC)[C@@H]1OCCCC. The second kappa shape index (κ2) is 21.6. The average molecular weight is 695 g/mol. The molecule has 1 aromatic carbocycles. The van der Waals surface area contributed by atoms with Crippen LogP contribution in [-0.2, 0) is 52.2 Å². The minimum Gasteiger partial charge on any atom is -0.454 e. The van der Waals surface area contributed by atoms with Crippen LogP contribution in [0.3, 0.4) is 0 Å². The third-order valence-electron chi connectivity index (χ3n) is 9.16. The number of hydrogen-bond acceptors (Lipinski definition) is 11. The van der Waals surface area contributed by atoms with Crippen molar-refractivity contribution in [1.82, 2.24) is 0 Å². The average Bonchev–Trinajstić information content (AvgIpc) is 3.10. The maximum absolute atomic E-state index is 12.7. The molecule has 0 amide bonds. The lowest BCUT2D eigenvalue weighted by Gasteiger charge is -2.51. The molecule has 49 heavy (non-hydrogen) atoms. The lowest BCUT2D eigenvalue weighted by molar-refractivity contribution is -0.377. The van der Waals surface area contributed by atoms with Gasteiger partial charge in [-0.3, -0.25) is 4.79 Å². The summed E-state index contributed by atoms with van der Waals surface area (Å²) < 4.78 is 64.6. The van der Waals surface area contributed by atoms with Crippen LogP contribution in [0.1, 0.15) is 105 Å². The second-order valence-corrected chi connectivity index (χ2v) is 13.3. The number of ether oxygens (including phenoxy) is 10. The van der Waals surface area contributed by atoms with Crippen LogP contribution in [0.15, 0.2) is 30.3 Å². The van der Waals surface area contributed by atoms with Gasteiger partial charge in [0.1, 0.15) is 42.7 Å². The summed E-state index contributed by atoms with van der Waals surface area (Å²) in [6.45, 7) is 14.6. The van der Waals surface area contributed by atoms with Gasteiger partial charge >= 0.3 is 5.97 Å². The lowest BCUT2D eigenvalue weighted by Crippen LogP contribution is -2.67. The Bertz CT molecular complexity index is 1040. The van der Waals surface area contributed by atoms with Crippen LogP contribution in [0.25, 0.3) is 0 Å². The van der Waals surface area contributed by atoms with E-state index >= 15 is 0 Å². The van der Waals surface area contributed by atoms with Crippen molar-refractivity contribution < 1.29 is 52.2 Å². The first-order chi connectivity index (χ1) is 23.9. The van der Waals surface area contributed by atoms with Crippen LogP contribution in [0.5, 0.6) is 0 Å². The summed E-state index contributed by atoms with van der Waals surface area (Å²) in [5.41, 5.74) is 0.897. The highest BCUT2D eigenvalue weighted by Gasteiger charge is 2.55. The molecule has 0 saturated carbocycles. The van der Waals surface area contributed by atoms with Crippen molar-refractivity contribution in [3.05, 3.63) is 35.9 Å². The number of rotatable bonds is 21. The van der Waals surface area contributed by atoms with Gasteiger partial charge in [-0.25, -0.2) is 0 Å². The first kappa shape index (κ1) is 40.1. The Balaban J connectivity index is 1.69. The molecule has 11 heteroatoms. The molecular formula is C38H62O11. The van der Waals surface area contributed by atoms with Crippen LogP contribution in [0.4, 0.5) is 0 Å². The molecule has 0 aliphatic carbocycles. The maximum Gasteiger partial charge on any atom is 0.303 e. The molecule has 0 spiro atoms. The van der Waals surface area contributed by atoms with E-state index in [1.165, 1.54) is 6.92 Å². The summed E-state index contributed by atoms with van der Waals surface area (Å²) in [6.07, 6.45) is 0.807.